The molecule has 0 spiro atoms. The number of anilines is 1. The fourth-order valence-electron chi connectivity index (χ4n) is 0.877. The molecule has 1 heterocycles. The van der Waals surface area contributed by atoms with Crippen LogP contribution >= 0.6 is 11.3 Å². The molecule has 0 atom stereocenters. The summed E-state index contributed by atoms with van der Waals surface area (Å²) in [5.74, 6) is -0.450. The molecule has 0 aliphatic carbocycles. The second-order valence-electron chi connectivity index (χ2n) is 2.49. The summed E-state index contributed by atoms with van der Waals surface area (Å²) in [6.07, 6.45) is 0. The summed E-state index contributed by atoms with van der Waals surface area (Å²) in [4.78, 5) is 15.7. The van der Waals surface area contributed by atoms with Crippen molar-refractivity contribution in [2.75, 3.05) is 12.3 Å². The third-order valence-corrected chi connectivity index (χ3v) is 2.52. The van der Waals surface area contributed by atoms with Gasteiger partial charge in [0.2, 0.25) is 0 Å². The number of carbonyl (C=O) groups is 1. The largest absolute Gasteiger partial charge is 0.375 e. The minimum Gasteiger partial charge on any atom is -0.375 e. The molecule has 1 amide bonds. The van der Waals surface area contributed by atoms with Crippen LogP contribution in [0.1, 0.15) is 22.3 Å². The molecular weight excluding hydrogens is 190 g/mol. The second-order valence-corrected chi connectivity index (χ2v) is 3.52. The Bertz CT molecular complexity index is 324. The lowest BCUT2D eigenvalue weighted by atomic mass is 10.4. The molecule has 0 aliphatic rings. The first-order valence-electron chi connectivity index (χ1n) is 3.80. The number of hydroxylamine groups is 2. The molecule has 0 unspecified atom stereocenters. The van der Waals surface area contributed by atoms with Crippen LogP contribution in [0.15, 0.2) is 0 Å². The first-order valence-corrected chi connectivity index (χ1v) is 4.61. The highest BCUT2D eigenvalue weighted by molar-refractivity contribution is 7.17. The molecule has 72 valence electrons. The van der Waals surface area contributed by atoms with Gasteiger partial charge in [-0.15, -0.1) is 0 Å². The van der Waals surface area contributed by atoms with E-state index >= 15 is 0 Å². The van der Waals surface area contributed by atoms with Gasteiger partial charge in [-0.2, -0.15) is 0 Å². The molecule has 1 aromatic rings. The zero-order valence-corrected chi connectivity index (χ0v) is 8.26. The predicted octanol–water partition coefficient (Wildman–Crippen LogP) is 0.885. The van der Waals surface area contributed by atoms with Crippen molar-refractivity contribution in [3.63, 3.8) is 0 Å². The monoisotopic (exact) mass is 201 g/mol. The molecule has 5 nitrogen and oxygen atoms in total. The Morgan fingerprint density at radius 1 is 1.77 bits per heavy atom. The molecule has 6 heteroatoms. The molecule has 1 aromatic heterocycles. The van der Waals surface area contributed by atoms with Gasteiger partial charge in [0.1, 0.15) is 4.88 Å². The van der Waals surface area contributed by atoms with Crippen LogP contribution in [-0.4, -0.2) is 27.7 Å². The van der Waals surface area contributed by atoms with E-state index in [0.717, 1.165) is 11.3 Å². The van der Waals surface area contributed by atoms with Crippen LogP contribution in [0, 0.1) is 6.92 Å². The van der Waals surface area contributed by atoms with Gasteiger partial charge in [-0.05, 0) is 13.8 Å². The molecule has 0 bridgehead atoms. The third kappa shape index (κ3) is 1.96. The predicted molar refractivity (Wildman–Crippen MR) is 49.8 cm³/mol. The first kappa shape index (κ1) is 9.94. The summed E-state index contributed by atoms with van der Waals surface area (Å²) in [5, 5.41) is 10.1. The SMILES string of the molecule is CCN(O)C(=O)c1sc(N)nc1C. The summed E-state index contributed by atoms with van der Waals surface area (Å²) in [6, 6.07) is 0. The van der Waals surface area contributed by atoms with E-state index in [-0.39, 0.29) is 6.54 Å². The van der Waals surface area contributed by atoms with E-state index in [4.69, 9.17) is 10.9 Å². The van der Waals surface area contributed by atoms with Gasteiger partial charge in [-0.1, -0.05) is 11.3 Å². The maximum absolute atomic E-state index is 11.4. The first-order chi connectivity index (χ1) is 6.06. The van der Waals surface area contributed by atoms with Crippen molar-refractivity contribution in [3.05, 3.63) is 10.6 Å². The highest BCUT2D eigenvalue weighted by Gasteiger charge is 2.18. The Hall–Kier alpha value is -1.14. The number of nitrogens with zero attached hydrogens (tertiary/aromatic N) is 2. The van der Waals surface area contributed by atoms with Crippen molar-refractivity contribution in [2.45, 2.75) is 13.8 Å². The van der Waals surface area contributed by atoms with Gasteiger partial charge in [-0.3, -0.25) is 10.0 Å². The number of nitrogens with two attached hydrogens (primary N) is 1. The lowest BCUT2D eigenvalue weighted by Gasteiger charge is -2.10. The summed E-state index contributed by atoms with van der Waals surface area (Å²) in [6.45, 7) is 3.61. The normalized spacial score (nSPS) is 10.1. The fourth-order valence-corrected chi connectivity index (χ4v) is 1.65. The van der Waals surface area contributed by atoms with Crippen LogP contribution in [0.4, 0.5) is 5.13 Å². The third-order valence-electron chi connectivity index (χ3n) is 1.54. The van der Waals surface area contributed by atoms with Crippen molar-refractivity contribution in [3.8, 4) is 0 Å². The summed E-state index contributed by atoms with van der Waals surface area (Å²) >= 11 is 1.08. The molecule has 13 heavy (non-hydrogen) atoms. The van der Waals surface area contributed by atoms with Crippen molar-refractivity contribution in [1.29, 1.82) is 0 Å². The zero-order valence-electron chi connectivity index (χ0n) is 7.44. The van der Waals surface area contributed by atoms with E-state index < -0.39 is 5.91 Å². The zero-order chi connectivity index (χ0) is 10.0. The smallest absolute Gasteiger partial charge is 0.289 e. The van der Waals surface area contributed by atoms with Gasteiger partial charge in [0, 0.05) is 6.54 Å². The van der Waals surface area contributed by atoms with E-state index in [0.29, 0.717) is 20.8 Å². The van der Waals surface area contributed by atoms with Crippen molar-refractivity contribution in [1.82, 2.24) is 10.0 Å². The Kier molecular flexibility index (Phi) is 2.84. The highest BCUT2D eigenvalue weighted by atomic mass is 32.1. The Morgan fingerprint density at radius 2 is 2.38 bits per heavy atom. The molecule has 0 saturated carbocycles. The van der Waals surface area contributed by atoms with Crippen LogP contribution in [0.2, 0.25) is 0 Å². The quantitative estimate of drug-likeness (QED) is 0.550. The van der Waals surface area contributed by atoms with Gasteiger partial charge >= 0.3 is 0 Å². The van der Waals surface area contributed by atoms with Crippen molar-refractivity contribution in [2.24, 2.45) is 0 Å². The van der Waals surface area contributed by atoms with Gasteiger partial charge in [0.25, 0.3) is 5.91 Å². The number of nitrogen functional groups attached to an aromatic ring is 1. The Morgan fingerprint density at radius 3 is 2.77 bits per heavy atom. The topological polar surface area (TPSA) is 79.5 Å². The minimum absolute atomic E-state index is 0.246. The molecule has 0 radical (unpaired) electrons. The number of amides is 1. The molecule has 0 fully saturated rings. The van der Waals surface area contributed by atoms with Gasteiger partial charge < -0.3 is 5.73 Å². The van der Waals surface area contributed by atoms with E-state index in [9.17, 15) is 4.79 Å². The van der Waals surface area contributed by atoms with Gasteiger partial charge in [0.05, 0.1) is 5.69 Å². The molecule has 1 rings (SSSR count). The highest BCUT2D eigenvalue weighted by Crippen LogP contribution is 2.20. The lowest BCUT2D eigenvalue weighted by molar-refractivity contribution is -0.0538. The maximum atomic E-state index is 11.4. The van der Waals surface area contributed by atoms with Gasteiger partial charge in [-0.25, -0.2) is 10.0 Å². The van der Waals surface area contributed by atoms with E-state index in [2.05, 4.69) is 4.98 Å². The average Bonchev–Trinajstić information content (AvgIpc) is 2.42. The minimum atomic E-state index is -0.450. The van der Waals surface area contributed by atoms with Crippen LogP contribution in [0.5, 0.6) is 0 Å². The Labute approximate surface area is 79.8 Å². The van der Waals surface area contributed by atoms with Crippen LogP contribution in [0.3, 0.4) is 0 Å². The number of aryl methyl sites for hydroxylation is 1. The summed E-state index contributed by atoms with van der Waals surface area (Å²) in [7, 11) is 0. The fraction of sp³-hybridized carbons (Fsp3) is 0.429. The number of thiazole rings is 1. The van der Waals surface area contributed by atoms with Crippen molar-refractivity contribution >= 4 is 22.4 Å². The summed E-state index contributed by atoms with van der Waals surface area (Å²) < 4.78 is 0. The van der Waals surface area contributed by atoms with Crippen molar-refractivity contribution < 1.29 is 10.0 Å². The van der Waals surface area contributed by atoms with E-state index in [1.807, 2.05) is 0 Å². The standard InChI is InChI=1S/C7H11N3O2S/c1-3-10(12)6(11)5-4(2)9-7(8)13-5/h12H,3H2,1-2H3,(H2,8,9). The van der Waals surface area contributed by atoms with E-state index in [1.165, 1.54) is 0 Å². The summed E-state index contributed by atoms with van der Waals surface area (Å²) in [5.41, 5.74) is 5.97. The number of hydrogen-bond donors (Lipinski definition) is 2. The molecule has 3 N–H and O–H groups in total. The number of rotatable bonds is 2. The maximum Gasteiger partial charge on any atom is 0.289 e. The molecule has 0 aliphatic heterocycles. The number of hydrogen-bond acceptors (Lipinski definition) is 5. The number of aromatic nitrogens is 1. The number of carbonyl (C=O) groups excluding carboxylic acids is 1. The van der Waals surface area contributed by atoms with Crippen LogP contribution < -0.4 is 5.73 Å². The van der Waals surface area contributed by atoms with Crippen LogP contribution in [0.25, 0.3) is 0 Å². The average molecular weight is 201 g/mol. The lowest BCUT2D eigenvalue weighted by Crippen LogP contribution is -2.26. The molecular formula is C7H11N3O2S. The van der Waals surface area contributed by atoms with Gasteiger partial charge in [0.15, 0.2) is 5.13 Å². The molecule has 0 aromatic carbocycles. The second kappa shape index (κ2) is 3.71. The van der Waals surface area contributed by atoms with Crippen LogP contribution in [-0.2, 0) is 0 Å². The molecule has 0 saturated heterocycles. The van der Waals surface area contributed by atoms with E-state index in [1.54, 1.807) is 13.8 Å². The Balaban J connectivity index is 2.94.